The average Bonchev–Trinajstić information content (AvgIpc) is 2.57. The van der Waals surface area contributed by atoms with Gasteiger partial charge in [0.15, 0.2) is 0 Å². The molecule has 1 atom stereocenters. The number of rotatable bonds is 5. The Morgan fingerprint density at radius 1 is 0.955 bits per heavy atom. The minimum atomic E-state index is -0.860. The van der Waals surface area contributed by atoms with E-state index >= 15 is 0 Å². The zero-order valence-electron chi connectivity index (χ0n) is 14.0. The number of esters is 1. The molecular formula is C18H30O4. The van der Waals surface area contributed by atoms with Crippen LogP contribution < -0.4 is 0 Å². The molecule has 0 aromatic rings. The van der Waals surface area contributed by atoms with Crippen molar-refractivity contribution in [2.45, 2.75) is 71.1 Å². The Morgan fingerprint density at radius 2 is 1.36 bits per heavy atom. The van der Waals surface area contributed by atoms with E-state index in [0.717, 1.165) is 51.4 Å². The van der Waals surface area contributed by atoms with E-state index in [0.29, 0.717) is 0 Å². The van der Waals surface area contributed by atoms with Crippen molar-refractivity contribution in [2.75, 3.05) is 7.11 Å². The molecule has 0 heterocycles. The largest absolute Gasteiger partial charge is 0.481 e. The molecule has 126 valence electrons. The van der Waals surface area contributed by atoms with E-state index in [1.807, 2.05) is 0 Å². The smallest absolute Gasteiger partial charge is 0.313 e. The molecule has 1 unspecified atom stereocenters. The van der Waals surface area contributed by atoms with Gasteiger partial charge in [-0.2, -0.15) is 0 Å². The van der Waals surface area contributed by atoms with Crippen LogP contribution in [0.3, 0.4) is 0 Å². The van der Waals surface area contributed by atoms with Crippen molar-refractivity contribution in [1.82, 2.24) is 0 Å². The van der Waals surface area contributed by atoms with Gasteiger partial charge in [-0.1, -0.05) is 45.4 Å². The summed E-state index contributed by atoms with van der Waals surface area (Å²) in [6.45, 7) is 1.72. The number of carboxylic acid groups (broad SMARTS) is 1. The fourth-order valence-electron chi connectivity index (χ4n) is 5.09. The summed E-state index contributed by atoms with van der Waals surface area (Å²) in [5.41, 5.74) is -0.832. The summed E-state index contributed by atoms with van der Waals surface area (Å²) in [6.07, 6.45) is 10.6. The lowest BCUT2D eigenvalue weighted by Gasteiger charge is -2.49. The first-order valence-electron chi connectivity index (χ1n) is 8.86. The van der Waals surface area contributed by atoms with Crippen LogP contribution in [0, 0.1) is 23.2 Å². The van der Waals surface area contributed by atoms with Crippen molar-refractivity contribution in [3.63, 3.8) is 0 Å². The quantitative estimate of drug-likeness (QED) is 0.779. The Labute approximate surface area is 133 Å². The SMILES string of the molecule is COC(=O)C(C1CCCCC1)(C1CCCCC1)C(C)C(=O)O. The average molecular weight is 310 g/mol. The number of hydrogen-bond acceptors (Lipinski definition) is 3. The second-order valence-electron chi connectivity index (χ2n) is 7.15. The Bertz CT molecular complexity index is 374. The molecule has 0 aromatic carbocycles. The molecule has 2 saturated carbocycles. The Hall–Kier alpha value is -1.06. The molecule has 1 N–H and O–H groups in total. The molecule has 4 heteroatoms. The lowest BCUT2D eigenvalue weighted by Crippen LogP contribution is -2.53. The molecule has 0 radical (unpaired) electrons. The van der Waals surface area contributed by atoms with Crippen LogP contribution in [-0.4, -0.2) is 24.2 Å². The van der Waals surface area contributed by atoms with Gasteiger partial charge in [-0.15, -0.1) is 0 Å². The van der Waals surface area contributed by atoms with Crippen molar-refractivity contribution in [3.8, 4) is 0 Å². The lowest BCUT2D eigenvalue weighted by atomic mass is 9.54. The number of carbonyl (C=O) groups excluding carboxylic acids is 1. The van der Waals surface area contributed by atoms with Crippen LogP contribution in [0.1, 0.15) is 71.1 Å². The number of methoxy groups -OCH3 is 1. The molecule has 0 saturated heterocycles. The summed E-state index contributed by atoms with van der Waals surface area (Å²) in [6, 6.07) is 0. The standard InChI is InChI=1S/C18H30O4/c1-13(16(19)20)18(17(21)22-2,14-9-5-3-6-10-14)15-11-7-4-8-12-15/h13-15H,3-12H2,1-2H3,(H,19,20). The van der Waals surface area contributed by atoms with Gasteiger partial charge in [0.1, 0.15) is 0 Å². The molecule has 2 rings (SSSR count). The zero-order valence-corrected chi connectivity index (χ0v) is 14.0. The fraction of sp³-hybridized carbons (Fsp3) is 0.889. The molecule has 2 aliphatic carbocycles. The number of ether oxygens (including phenoxy) is 1. The molecule has 0 spiro atoms. The second-order valence-corrected chi connectivity index (χ2v) is 7.15. The first-order valence-corrected chi connectivity index (χ1v) is 8.86. The molecule has 0 aromatic heterocycles. The summed E-state index contributed by atoms with van der Waals surface area (Å²) >= 11 is 0. The first-order chi connectivity index (χ1) is 10.5. The second kappa shape index (κ2) is 7.47. The van der Waals surface area contributed by atoms with Crippen molar-refractivity contribution < 1.29 is 19.4 Å². The first kappa shape index (κ1) is 17.3. The monoisotopic (exact) mass is 310 g/mol. The molecule has 2 aliphatic rings. The summed E-state index contributed by atoms with van der Waals surface area (Å²) in [5.74, 6) is -1.50. The highest BCUT2D eigenvalue weighted by atomic mass is 16.5. The minimum absolute atomic E-state index is 0.155. The molecule has 0 amide bonds. The van der Waals surface area contributed by atoms with Gasteiger partial charge in [-0.3, -0.25) is 9.59 Å². The molecule has 22 heavy (non-hydrogen) atoms. The van der Waals surface area contributed by atoms with Crippen LogP contribution in [-0.2, 0) is 14.3 Å². The maximum Gasteiger partial charge on any atom is 0.313 e. The molecule has 4 nitrogen and oxygen atoms in total. The minimum Gasteiger partial charge on any atom is -0.481 e. The fourth-order valence-corrected chi connectivity index (χ4v) is 5.09. The highest BCUT2D eigenvalue weighted by molar-refractivity contribution is 5.85. The number of hydrogen-bond donors (Lipinski definition) is 1. The third-order valence-electron chi connectivity index (χ3n) is 6.19. The summed E-state index contributed by atoms with van der Waals surface area (Å²) in [5, 5.41) is 9.72. The topological polar surface area (TPSA) is 63.6 Å². The highest BCUT2D eigenvalue weighted by Gasteiger charge is 2.57. The van der Waals surface area contributed by atoms with Crippen molar-refractivity contribution >= 4 is 11.9 Å². The van der Waals surface area contributed by atoms with Gasteiger partial charge < -0.3 is 9.84 Å². The Balaban J connectivity index is 2.45. The number of carbonyl (C=O) groups is 2. The van der Waals surface area contributed by atoms with Gasteiger partial charge in [0.05, 0.1) is 18.4 Å². The number of aliphatic carboxylic acids is 1. The molecule has 0 aliphatic heterocycles. The maximum atomic E-state index is 12.9. The van der Waals surface area contributed by atoms with Gasteiger partial charge in [0, 0.05) is 0 Å². The van der Waals surface area contributed by atoms with E-state index in [2.05, 4.69) is 0 Å². The van der Waals surface area contributed by atoms with Gasteiger partial charge in [0.2, 0.25) is 0 Å². The zero-order chi connectivity index (χ0) is 16.2. The highest BCUT2D eigenvalue weighted by Crippen LogP contribution is 2.54. The van der Waals surface area contributed by atoms with Crippen molar-refractivity contribution in [3.05, 3.63) is 0 Å². The Morgan fingerprint density at radius 3 is 1.68 bits per heavy atom. The normalized spacial score (nSPS) is 23.0. The van der Waals surface area contributed by atoms with Crippen LogP contribution in [0.2, 0.25) is 0 Å². The van der Waals surface area contributed by atoms with Gasteiger partial charge in [-0.25, -0.2) is 0 Å². The Kier molecular flexibility index (Phi) is 5.87. The molecule has 0 bridgehead atoms. The maximum absolute atomic E-state index is 12.9. The molecular weight excluding hydrogens is 280 g/mol. The predicted octanol–water partition coefficient (Wildman–Crippen LogP) is 4.03. The van der Waals surface area contributed by atoms with E-state index in [1.165, 1.54) is 20.0 Å². The third kappa shape index (κ3) is 3.02. The molecule has 2 fully saturated rings. The van der Waals surface area contributed by atoms with E-state index < -0.39 is 17.3 Å². The van der Waals surface area contributed by atoms with Crippen LogP contribution in [0.4, 0.5) is 0 Å². The summed E-state index contributed by atoms with van der Waals surface area (Å²) < 4.78 is 5.19. The summed E-state index contributed by atoms with van der Waals surface area (Å²) in [4.78, 5) is 24.7. The van der Waals surface area contributed by atoms with E-state index in [-0.39, 0.29) is 17.8 Å². The third-order valence-corrected chi connectivity index (χ3v) is 6.19. The summed E-state index contributed by atoms with van der Waals surface area (Å²) in [7, 11) is 1.41. The van der Waals surface area contributed by atoms with Gasteiger partial charge >= 0.3 is 11.9 Å². The van der Waals surface area contributed by atoms with Crippen molar-refractivity contribution in [1.29, 1.82) is 0 Å². The van der Waals surface area contributed by atoms with Crippen LogP contribution in [0.25, 0.3) is 0 Å². The van der Waals surface area contributed by atoms with Gasteiger partial charge in [-0.05, 0) is 37.5 Å². The van der Waals surface area contributed by atoms with Gasteiger partial charge in [0.25, 0.3) is 0 Å². The van der Waals surface area contributed by atoms with E-state index in [9.17, 15) is 14.7 Å². The van der Waals surface area contributed by atoms with E-state index in [1.54, 1.807) is 6.92 Å². The predicted molar refractivity (Wildman–Crippen MR) is 84.4 cm³/mol. The van der Waals surface area contributed by atoms with Crippen molar-refractivity contribution in [2.24, 2.45) is 23.2 Å². The van der Waals surface area contributed by atoms with Crippen LogP contribution in [0.5, 0.6) is 0 Å². The van der Waals surface area contributed by atoms with Crippen LogP contribution >= 0.6 is 0 Å². The van der Waals surface area contributed by atoms with E-state index in [4.69, 9.17) is 4.74 Å². The van der Waals surface area contributed by atoms with Crippen LogP contribution in [0.15, 0.2) is 0 Å². The number of carboxylic acids is 1. The lowest BCUT2D eigenvalue weighted by molar-refractivity contribution is -0.179.